The summed E-state index contributed by atoms with van der Waals surface area (Å²) in [7, 11) is 0. The lowest BCUT2D eigenvalue weighted by molar-refractivity contribution is 0.0333. The van der Waals surface area contributed by atoms with Gasteiger partial charge in [0.25, 0.3) is 0 Å². The van der Waals surface area contributed by atoms with Crippen molar-refractivity contribution in [3.05, 3.63) is 0 Å². The normalized spacial score (nSPS) is 9.88. The van der Waals surface area contributed by atoms with E-state index >= 15 is 0 Å². The zero-order chi connectivity index (χ0) is 13.2. The van der Waals surface area contributed by atoms with Gasteiger partial charge in [0.15, 0.2) is 0 Å². The predicted molar refractivity (Wildman–Crippen MR) is 64.0 cm³/mol. The minimum absolute atomic E-state index is 0.0278. The second-order valence-electron chi connectivity index (χ2n) is 3.01. The van der Waals surface area contributed by atoms with Crippen LogP contribution in [0.2, 0.25) is 0 Å². The van der Waals surface area contributed by atoms with E-state index in [1.807, 2.05) is 0 Å². The number of ether oxygens (including phenoxy) is 3. The Hall–Kier alpha value is -0.240. The SMILES string of the molecule is CCCOCCOCCO.OCCOCCO. The zero-order valence-corrected chi connectivity index (χ0v) is 10.6. The van der Waals surface area contributed by atoms with Gasteiger partial charge in [0.1, 0.15) is 0 Å². The van der Waals surface area contributed by atoms with Gasteiger partial charge in [-0.1, -0.05) is 6.92 Å². The van der Waals surface area contributed by atoms with Crippen LogP contribution in [0.4, 0.5) is 0 Å². The first-order chi connectivity index (χ1) is 8.33. The Morgan fingerprint density at radius 1 is 0.588 bits per heavy atom. The number of aliphatic hydroxyl groups is 3. The fourth-order valence-electron chi connectivity index (χ4n) is 0.762. The molecule has 0 aromatic rings. The maximum Gasteiger partial charge on any atom is 0.0701 e. The van der Waals surface area contributed by atoms with Crippen LogP contribution in [0.15, 0.2) is 0 Å². The Morgan fingerprint density at radius 2 is 0.941 bits per heavy atom. The van der Waals surface area contributed by atoms with Gasteiger partial charge in [0.05, 0.1) is 52.9 Å². The van der Waals surface area contributed by atoms with Gasteiger partial charge in [-0.05, 0) is 6.42 Å². The molecule has 0 aliphatic heterocycles. The smallest absolute Gasteiger partial charge is 0.0701 e. The van der Waals surface area contributed by atoms with E-state index in [0.717, 1.165) is 13.0 Å². The number of hydrogen-bond acceptors (Lipinski definition) is 6. The van der Waals surface area contributed by atoms with E-state index in [0.29, 0.717) is 33.0 Å². The van der Waals surface area contributed by atoms with E-state index in [4.69, 9.17) is 24.8 Å². The molecule has 0 heterocycles. The molecular formula is C11H26O6. The summed E-state index contributed by atoms with van der Waals surface area (Å²) in [6, 6.07) is 0. The summed E-state index contributed by atoms with van der Waals surface area (Å²) in [5.74, 6) is 0. The molecule has 0 aromatic carbocycles. The van der Waals surface area contributed by atoms with E-state index in [1.165, 1.54) is 0 Å². The summed E-state index contributed by atoms with van der Waals surface area (Å²) in [6.07, 6.45) is 1.04. The summed E-state index contributed by atoms with van der Waals surface area (Å²) in [5, 5.41) is 24.5. The third kappa shape index (κ3) is 25.8. The molecule has 6 nitrogen and oxygen atoms in total. The predicted octanol–water partition coefficient (Wildman–Crippen LogP) is -0.590. The van der Waals surface area contributed by atoms with Crippen molar-refractivity contribution in [2.75, 3.05) is 59.5 Å². The van der Waals surface area contributed by atoms with Crippen molar-refractivity contribution in [3.63, 3.8) is 0 Å². The topological polar surface area (TPSA) is 88.4 Å². The lowest BCUT2D eigenvalue weighted by Gasteiger charge is -2.02. The van der Waals surface area contributed by atoms with Gasteiger partial charge >= 0.3 is 0 Å². The van der Waals surface area contributed by atoms with Crippen LogP contribution in [0.25, 0.3) is 0 Å². The van der Waals surface area contributed by atoms with Crippen LogP contribution >= 0.6 is 0 Å². The first-order valence-corrected chi connectivity index (χ1v) is 5.89. The van der Waals surface area contributed by atoms with Crippen LogP contribution < -0.4 is 0 Å². The standard InChI is InChI=1S/C7H16O3.C4H10O3/c1-2-4-9-6-7-10-5-3-8;5-1-3-7-4-2-6/h8H,2-7H2,1H3;5-6H,1-4H2. The van der Waals surface area contributed by atoms with E-state index in [1.54, 1.807) is 0 Å². The highest BCUT2D eigenvalue weighted by Gasteiger charge is 1.86. The Kier molecular flexibility index (Phi) is 23.7. The van der Waals surface area contributed by atoms with Gasteiger partial charge in [-0.2, -0.15) is 0 Å². The first kappa shape index (κ1) is 19.1. The summed E-state index contributed by atoms with van der Waals surface area (Å²) < 4.78 is 14.7. The summed E-state index contributed by atoms with van der Waals surface area (Å²) in [4.78, 5) is 0. The number of rotatable bonds is 11. The molecule has 0 saturated carbocycles. The van der Waals surface area contributed by atoms with Gasteiger partial charge in [0, 0.05) is 6.61 Å². The van der Waals surface area contributed by atoms with Crippen molar-refractivity contribution in [2.24, 2.45) is 0 Å². The van der Waals surface area contributed by atoms with Gasteiger partial charge in [-0.15, -0.1) is 0 Å². The molecule has 0 saturated heterocycles. The Bertz CT molecular complexity index is 100. The quantitative estimate of drug-likeness (QED) is 0.427. The average Bonchev–Trinajstić information content (AvgIpc) is 2.35. The second-order valence-corrected chi connectivity index (χ2v) is 3.01. The van der Waals surface area contributed by atoms with Gasteiger partial charge in [-0.25, -0.2) is 0 Å². The van der Waals surface area contributed by atoms with Gasteiger partial charge in [0.2, 0.25) is 0 Å². The highest BCUT2D eigenvalue weighted by molar-refractivity contribution is 4.30. The second kappa shape index (κ2) is 21.1. The maximum absolute atomic E-state index is 8.30. The molecular weight excluding hydrogens is 228 g/mol. The Balaban J connectivity index is 0. The summed E-state index contributed by atoms with van der Waals surface area (Å²) >= 11 is 0. The van der Waals surface area contributed by atoms with Crippen LogP contribution in [0, 0.1) is 0 Å². The molecule has 0 radical (unpaired) electrons. The largest absolute Gasteiger partial charge is 0.394 e. The van der Waals surface area contributed by atoms with Crippen LogP contribution in [0.5, 0.6) is 0 Å². The minimum atomic E-state index is 0.0278. The van der Waals surface area contributed by atoms with Crippen molar-refractivity contribution in [2.45, 2.75) is 13.3 Å². The lowest BCUT2D eigenvalue weighted by Crippen LogP contribution is -2.07. The van der Waals surface area contributed by atoms with Crippen LogP contribution in [-0.4, -0.2) is 74.8 Å². The van der Waals surface area contributed by atoms with Crippen molar-refractivity contribution < 1.29 is 29.5 Å². The van der Waals surface area contributed by atoms with Crippen molar-refractivity contribution in [3.8, 4) is 0 Å². The van der Waals surface area contributed by atoms with E-state index in [2.05, 4.69) is 11.7 Å². The van der Waals surface area contributed by atoms with Crippen LogP contribution in [0.3, 0.4) is 0 Å². The highest BCUT2D eigenvalue weighted by Crippen LogP contribution is 1.80. The number of aliphatic hydroxyl groups excluding tert-OH is 3. The van der Waals surface area contributed by atoms with Crippen LogP contribution in [-0.2, 0) is 14.2 Å². The molecule has 106 valence electrons. The lowest BCUT2D eigenvalue weighted by atomic mass is 10.5. The Morgan fingerprint density at radius 3 is 1.29 bits per heavy atom. The van der Waals surface area contributed by atoms with Crippen molar-refractivity contribution in [1.29, 1.82) is 0 Å². The summed E-state index contributed by atoms with van der Waals surface area (Å²) in [5.41, 5.74) is 0. The molecule has 6 heteroatoms. The molecule has 17 heavy (non-hydrogen) atoms. The number of hydrogen-bond donors (Lipinski definition) is 3. The summed E-state index contributed by atoms with van der Waals surface area (Å²) in [6.45, 7) is 5.27. The average molecular weight is 254 g/mol. The van der Waals surface area contributed by atoms with E-state index in [9.17, 15) is 0 Å². The molecule has 0 amide bonds. The molecule has 0 aliphatic carbocycles. The monoisotopic (exact) mass is 254 g/mol. The van der Waals surface area contributed by atoms with Gasteiger partial charge < -0.3 is 29.5 Å². The van der Waals surface area contributed by atoms with E-state index in [-0.39, 0.29) is 19.8 Å². The van der Waals surface area contributed by atoms with E-state index < -0.39 is 0 Å². The fourth-order valence-corrected chi connectivity index (χ4v) is 0.762. The minimum Gasteiger partial charge on any atom is -0.394 e. The molecule has 0 fully saturated rings. The highest BCUT2D eigenvalue weighted by atomic mass is 16.5. The third-order valence-electron chi connectivity index (χ3n) is 1.43. The third-order valence-corrected chi connectivity index (χ3v) is 1.43. The van der Waals surface area contributed by atoms with Crippen molar-refractivity contribution >= 4 is 0 Å². The fraction of sp³-hybridized carbons (Fsp3) is 1.00. The zero-order valence-electron chi connectivity index (χ0n) is 10.6. The first-order valence-electron chi connectivity index (χ1n) is 5.89. The maximum atomic E-state index is 8.30. The molecule has 0 spiro atoms. The molecule has 0 unspecified atom stereocenters. The molecule has 0 aliphatic rings. The van der Waals surface area contributed by atoms with Crippen LogP contribution in [0.1, 0.15) is 13.3 Å². The molecule has 3 N–H and O–H groups in total. The molecule has 0 bridgehead atoms. The van der Waals surface area contributed by atoms with Gasteiger partial charge in [-0.3, -0.25) is 0 Å². The molecule has 0 aromatic heterocycles. The van der Waals surface area contributed by atoms with Crippen molar-refractivity contribution in [1.82, 2.24) is 0 Å². The molecule has 0 rings (SSSR count). The Labute approximate surface area is 103 Å². The molecule has 0 atom stereocenters.